The predicted molar refractivity (Wildman–Crippen MR) is 41.3 cm³/mol. The van der Waals surface area contributed by atoms with Crippen molar-refractivity contribution in [2.75, 3.05) is 0 Å². The summed E-state index contributed by atoms with van der Waals surface area (Å²) in [5.41, 5.74) is 0. The number of benzene rings is 1. The second-order valence-corrected chi connectivity index (χ2v) is 3.65. The molecule has 0 fully saturated rings. The van der Waals surface area contributed by atoms with Gasteiger partial charge in [-0.25, -0.2) is 0 Å². The molecule has 0 radical (unpaired) electrons. The van der Waals surface area contributed by atoms with Crippen molar-refractivity contribution >= 4 is 10.1 Å². The third-order valence-electron chi connectivity index (χ3n) is 1.37. The molecule has 72 valence electrons. The topological polar surface area (TPSA) is 115 Å². The van der Waals surface area contributed by atoms with Gasteiger partial charge in [0.2, 0.25) is 5.75 Å². The number of hydrogen-bond donors (Lipinski definition) is 4. The maximum Gasteiger partial charge on any atom is 0.298 e. The Morgan fingerprint density at radius 3 is 2.00 bits per heavy atom. The number of hydrogen-bond acceptors (Lipinski definition) is 5. The highest BCUT2D eigenvalue weighted by Gasteiger charge is 2.20. The van der Waals surface area contributed by atoms with E-state index >= 15 is 0 Å². The largest absolute Gasteiger partial charge is 0.504 e. The van der Waals surface area contributed by atoms with Gasteiger partial charge in [-0.05, 0) is 12.1 Å². The van der Waals surface area contributed by atoms with Crippen molar-refractivity contribution in [3.05, 3.63) is 12.1 Å². The van der Waals surface area contributed by atoms with E-state index in [1.807, 2.05) is 0 Å². The summed E-state index contributed by atoms with van der Waals surface area (Å²) >= 11 is 0. The van der Waals surface area contributed by atoms with Gasteiger partial charge in [0.05, 0.1) is 0 Å². The predicted octanol–water partition coefficient (Wildman–Crippen LogP) is 0.0501. The minimum absolute atomic E-state index is 0.676. The molecule has 1 aromatic rings. The Hall–Kier alpha value is -1.47. The van der Waals surface area contributed by atoms with Crippen LogP contribution < -0.4 is 0 Å². The molecule has 0 unspecified atom stereocenters. The highest BCUT2D eigenvalue weighted by Crippen LogP contribution is 2.38. The van der Waals surface area contributed by atoms with Crippen molar-refractivity contribution < 1.29 is 28.3 Å². The van der Waals surface area contributed by atoms with Gasteiger partial charge >= 0.3 is 0 Å². The average Bonchev–Trinajstić information content (AvgIpc) is 1.98. The quantitative estimate of drug-likeness (QED) is 0.381. The van der Waals surface area contributed by atoms with Gasteiger partial charge in [0.15, 0.2) is 11.5 Å². The Bertz CT molecular complexity index is 435. The fourth-order valence-electron chi connectivity index (χ4n) is 0.759. The van der Waals surface area contributed by atoms with Crippen LogP contribution in [0.2, 0.25) is 0 Å². The van der Waals surface area contributed by atoms with Crippen molar-refractivity contribution in [1.29, 1.82) is 0 Å². The fraction of sp³-hybridized carbons (Fsp3) is 0. The van der Waals surface area contributed by atoms with Crippen LogP contribution in [0.5, 0.6) is 17.2 Å². The maximum absolute atomic E-state index is 10.5. The first-order valence-electron chi connectivity index (χ1n) is 3.05. The zero-order chi connectivity index (χ0) is 10.2. The first-order chi connectivity index (χ1) is 5.84. The molecular formula is C6H6O6S. The van der Waals surface area contributed by atoms with Gasteiger partial charge in [-0.2, -0.15) is 8.42 Å². The second-order valence-electron chi connectivity index (χ2n) is 2.26. The van der Waals surface area contributed by atoms with Crippen molar-refractivity contribution in [3.63, 3.8) is 0 Å². The van der Waals surface area contributed by atoms with E-state index in [2.05, 4.69) is 0 Å². The first-order valence-corrected chi connectivity index (χ1v) is 4.49. The molecule has 1 rings (SSSR count). The molecule has 1 aromatic carbocycles. The van der Waals surface area contributed by atoms with Gasteiger partial charge in [-0.1, -0.05) is 0 Å². The Labute approximate surface area is 73.4 Å². The van der Waals surface area contributed by atoms with E-state index in [9.17, 15) is 8.42 Å². The monoisotopic (exact) mass is 206 g/mol. The molecule has 0 aromatic heterocycles. The molecule has 0 atom stereocenters. The van der Waals surface area contributed by atoms with E-state index in [0.717, 1.165) is 12.1 Å². The number of rotatable bonds is 1. The highest BCUT2D eigenvalue weighted by molar-refractivity contribution is 7.86. The summed E-state index contributed by atoms with van der Waals surface area (Å²) in [6.45, 7) is 0. The summed E-state index contributed by atoms with van der Waals surface area (Å²) in [5.74, 6) is -2.75. The Kier molecular flexibility index (Phi) is 2.06. The van der Waals surface area contributed by atoms with Crippen LogP contribution in [0.1, 0.15) is 0 Å². The average molecular weight is 206 g/mol. The van der Waals surface area contributed by atoms with E-state index in [0.29, 0.717) is 0 Å². The second kappa shape index (κ2) is 2.79. The third-order valence-corrected chi connectivity index (χ3v) is 2.26. The van der Waals surface area contributed by atoms with Gasteiger partial charge in [-0.3, -0.25) is 4.55 Å². The van der Waals surface area contributed by atoms with Crippen LogP contribution in [-0.2, 0) is 10.1 Å². The zero-order valence-corrected chi connectivity index (χ0v) is 6.98. The van der Waals surface area contributed by atoms with Gasteiger partial charge in [-0.15, -0.1) is 0 Å². The van der Waals surface area contributed by atoms with Crippen LogP contribution in [0.15, 0.2) is 17.0 Å². The normalized spacial score (nSPS) is 11.5. The first kappa shape index (κ1) is 9.62. The molecular weight excluding hydrogens is 200 g/mol. The molecule has 0 bridgehead atoms. The lowest BCUT2D eigenvalue weighted by atomic mass is 10.3. The van der Waals surface area contributed by atoms with E-state index in [-0.39, 0.29) is 0 Å². The summed E-state index contributed by atoms with van der Waals surface area (Å²) in [6.07, 6.45) is 0. The summed E-state index contributed by atoms with van der Waals surface area (Å²) in [7, 11) is -4.59. The Balaban J connectivity index is 3.53. The molecule has 0 aliphatic rings. The summed E-state index contributed by atoms with van der Waals surface area (Å²) in [4.78, 5) is -0.859. The molecule has 0 heterocycles. The standard InChI is InChI=1S/C6H6O6S/c7-3-1-2-4(13(10,11)12)6(9)5(3)8/h1-2,7-9H,(H,10,11,12). The molecule has 0 saturated carbocycles. The van der Waals surface area contributed by atoms with Gasteiger partial charge in [0.1, 0.15) is 4.90 Å². The summed E-state index contributed by atoms with van der Waals surface area (Å²) in [6, 6.07) is 1.60. The smallest absolute Gasteiger partial charge is 0.298 e. The molecule has 0 aliphatic carbocycles. The van der Waals surface area contributed by atoms with Crippen molar-refractivity contribution in [1.82, 2.24) is 0 Å². The van der Waals surface area contributed by atoms with E-state index in [1.165, 1.54) is 0 Å². The van der Waals surface area contributed by atoms with Crippen LogP contribution >= 0.6 is 0 Å². The Morgan fingerprint density at radius 1 is 1.00 bits per heavy atom. The lowest BCUT2D eigenvalue weighted by Gasteiger charge is -2.03. The fourth-order valence-corrected chi connectivity index (χ4v) is 1.34. The van der Waals surface area contributed by atoms with Gasteiger partial charge in [0, 0.05) is 0 Å². The van der Waals surface area contributed by atoms with Crippen LogP contribution in [0.3, 0.4) is 0 Å². The van der Waals surface area contributed by atoms with Crippen LogP contribution in [0.25, 0.3) is 0 Å². The zero-order valence-electron chi connectivity index (χ0n) is 6.17. The minimum atomic E-state index is -4.59. The van der Waals surface area contributed by atoms with Gasteiger partial charge < -0.3 is 15.3 Å². The van der Waals surface area contributed by atoms with E-state index in [1.54, 1.807) is 0 Å². The van der Waals surface area contributed by atoms with E-state index < -0.39 is 32.3 Å². The van der Waals surface area contributed by atoms with Gasteiger partial charge in [0.25, 0.3) is 10.1 Å². The third kappa shape index (κ3) is 1.65. The van der Waals surface area contributed by atoms with Crippen molar-refractivity contribution in [2.45, 2.75) is 4.90 Å². The SMILES string of the molecule is O=S(=O)(O)c1ccc(O)c(O)c1O. The van der Waals surface area contributed by atoms with E-state index in [4.69, 9.17) is 19.9 Å². The number of phenols is 3. The maximum atomic E-state index is 10.5. The molecule has 0 aliphatic heterocycles. The number of phenolic OH excluding ortho intramolecular Hbond substituents is 3. The molecule has 4 N–H and O–H groups in total. The van der Waals surface area contributed by atoms with Crippen LogP contribution in [0.4, 0.5) is 0 Å². The Morgan fingerprint density at radius 2 is 1.54 bits per heavy atom. The lowest BCUT2D eigenvalue weighted by molar-refractivity contribution is 0.358. The molecule has 0 amide bonds. The molecule has 7 heteroatoms. The van der Waals surface area contributed by atoms with Crippen LogP contribution in [-0.4, -0.2) is 28.3 Å². The molecule has 0 spiro atoms. The lowest BCUT2D eigenvalue weighted by Crippen LogP contribution is -1.98. The summed E-state index contributed by atoms with van der Waals surface area (Å²) in [5, 5.41) is 26.6. The highest BCUT2D eigenvalue weighted by atomic mass is 32.2. The minimum Gasteiger partial charge on any atom is -0.504 e. The van der Waals surface area contributed by atoms with Crippen molar-refractivity contribution in [3.8, 4) is 17.2 Å². The number of aromatic hydroxyl groups is 3. The molecule has 0 saturated heterocycles. The van der Waals surface area contributed by atoms with Crippen molar-refractivity contribution in [2.24, 2.45) is 0 Å². The molecule has 6 nitrogen and oxygen atoms in total. The summed E-state index contributed by atoms with van der Waals surface area (Å²) < 4.78 is 29.5. The molecule has 13 heavy (non-hydrogen) atoms. The van der Waals surface area contributed by atoms with Crippen LogP contribution in [0, 0.1) is 0 Å².